The van der Waals surface area contributed by atoms with E-state index < -0.39 is 5.34 Å². The minimum absolute atomic E-state index is 0.160. The Bertz CT molecular complexity index is 808. The molecule has 2 aromatic rings. The minimum Gasteiger partial charge on any atom is -0.330 e. The summed E-state index contributed by atoms with van der Waals surface area (Å²) in [7, 11) is 14.3. The Morgan fingerprint density at radius 1 is 1.11 bits per heavy atom. The summed E-state index contributed by atoms with van der Waals surface area (Å²) >= 11 is 6.35. The second-order valence-electron chi connectivity index (χ2n) is 8.77. The third kappa shape index (κ3) is 4.35. The van der Waals surface area contributed by atoms with Crippen molar-refractivity contribution < 1.29 is 0 Å². The summed E-state index contributed by atoms with van der Waals surface area (Å²) in [6, 6.07) is 17.1. The SMILES string of the molecule is [B]C([B])(CN)N(C)C(C)(C)CC[C@@H]1C[C@@H](c2ccccc2)c2ccc(Cl)cc21. The van der Waals surface area contributed by atoms with Gasteiger partial charge < -0.3 is 10.6 Å². The van der Waals surface area contributed by atoms with E-state index in [1.807, 2.05) is 18.0 Å². The van der Waals surface area contributed by atoms with Crippen molar-refractivity contribution in [1.82, 2.24) is 4.90 Å². The Hall–Kier alpha value is -1.22. The average molecular weight is 391 g/mol. The third-order valence-corrected chi connectivity index (χ3v) is 6.79. The molecule has 2 nitrogen and oxygen atoms in total. The maximum absolute atomic E-state index is 6.35. The molecule has 144 valence electrons. The van der Waals surface area contributed by atoms with Gasteiger partial charge in [0.15, 0.2) is 0 Å². The lowest BCUT2D eigenvalue weighted by Crippen LogP contribution is -2.61. The maximum Gasteiger partial charge on any atom is 0.0841 e. The van der Waals surface area contributed by atoms with E-state index in [2.05, 4.69) is 56.3 Å². The van der Waals surface area contributed by atoms with Gasteiger partial charge in [0.25, 0.3) is 0 Å². The van der Waals surface area contributed by atoms with Crippen molar-refractivity contribution in [1.29, 1.82) is 0 Å². The van der Waals surface area contributed by atoms with Crippen molar-refractivity contribution in [2.24, 2.45) is 5.73 Å². The number of hydrogen-bond donors (Lipinski definition) is 1. The van der Waals surface area contributed by atoms with Gasteiger partial charge in [-0.1, -0.05) is 48.0 Å². The quantitative estimate of drug-likeness (QED) is 0.710. The first-order chi connectivity index (χ1) is 13.2. The van der Waals surface area contributed by atoms with Gasteiger partial charge in [0, 0.05) is 16.5 Å². The molecule has 0 bridgehead atoms. The molecule has 2 aromatic carbocycles. The molecule has 0 heterocycles. The molecule has 0 aromatic heterocycles. The highest BCUT2D eigenvalue weighted by molar-refractivity contribution is 6.40. The highest BCUT2D eigenvalue weighted by Gasteiger charge is 2.36. The van der Waals surface area contributed by atoms with Crippen LogP contribution in [0.3, 0.4) is 0 Å². The minimum atomic E-state index is -1.01. The zero-order valence-corrected chi connectivity index (χ0v) is 17.9. The van der Waals surface area contributed by atoms with Crippen LogP contribution in [0.15, 0.2) is 48.5 Å². The molecule has 0 fully saturated rings. The lowest BCUT2D eigenvalue weighted by Gasteiger charge is -2.47. The van der Waals surface area contributed by atoms with Gasteiger partial charge in [-0.15, -0.1) is 0 Å². The molecule has 2 N–H and O–H groups in total. The normalized spacial score (nSPS) is 19.8. The van der Waals surface area contributed by atoms with Crippen LogP contribution in [-0.4, -0.2) is 45.1 Å². The number of fused-ring (bicyclic) bond motifs is 1. The number of nitrogens with zero attached hydrogens (tertiary/aromatic N) is 1. The number of halogens is 1. The molecule has 0 amide bonds. The van der Waals surface area contributed by atoms with Crippen LogP contribution < -0.4 is 5.73 Å². The molecular formula is C23H29B2ClN2. The van der Waals surface area contributed by atoms with Crippen molar-refractivity contribution in [2.45, 2.75) is 55.8 Å². The van der Waals surface area contributed by atoms with Crippen LogP contribution in [-0.2, 0) is 0 Å². The van der Waals surface area contributed by atoms with Gasteiger partial charge in [0.2, 0.25) is 0 Å². The molecular weight excluding hydrogens is 361 g/mol. The van der Waals surface area contributed by atoms with E-state index in [1.165, 1.54) is 16.7 Å². The summed E-state index contributed by atoms with van der Waals surface area (Å²) in [5.41, 5.74) is 9.77. The molecule has 0 saturated heterocycles. The van der Waals surface area contributed by atoms with E-state index in [-0.39, 0.29) is 12.1 Å². The van der Waals surface area contributed by atoms with E-state index in [4.69, 9.17) is 33.0 Å². The summed E-state index contributed by atoms with van der Waals surface area (Å²) in [4.78, 5) is 2.00. The summed E-state index contributed by atoms with van der Waals surface area (Å²) in [6.07, 6.45) is 3.12. The topological polar surface area (TPSA) is 29.3 Å². The maximum atomic E-state index is 6.35. The molecule has 3 rings (SSSR count). The molecule has 0 spiro atoms. The number of nitrogens with two attached hydrogens (primary N) is 1. The third-order valence-electron chi connectivity index (χ3n) is 6.55. The van der Waals surface area contributed by atoms with Gasteiger partial charge >= 0.3 is 0 Å². The van der Waals surface area contributed by atoms with Crippen LogP contribution >= 0.6 is 11.6 Å². The standard InChI is InChI=1S/C23H29B2ClN2/c1-22(2,28(3)23(24,25)15-27)12-11-17-13-20(16-7-5-4-6-8-16)19-10-9-18(26)14-21(17)19/h4-10,14,17,20H,11-13,15,27H2,1-3H3/t17-,20+/m1/s1. The Kier molecular flexibility index (Phi) is 6.34. The van der Waals surface area contributed by atoms with Crippen LogP contribution in [0.4, 0.5) is 0 Å². The number of likely N-dealkylation sites (N-methyl/N-ethyl adjacent to an activating group) is 1. The van der Waals surface area contributed by atoms with Crippen LogP contribution in [0.25, 0.3) is 0 Å². The lowest BCUT2D eigenvalue weighted by molar-refractivity contribution is 0.108. The highest BCUT2D eigenvalue weighted by Crippen LogP contribution is 2.48. The van der Waals surface area contributed by atoms with Gasteiger partial charge in [-0.05, 0) is 86.8 Å². The molecule has 0 aliphatic heterocycles. The zero-order valence-electron chi connectivity index (χ0n) is 17.2. The van der Waals surface area contributed by atoms with Crippen molar-refractivity contribution in [3.63, 3.8) is 0 Å². The first-order valence-electron chi connectivity index (χ1n) is 10.0. The van der Waals surface area contributed by atoms with Crippen molar-refractivity contribution >= 4 is 27.3 Å². The van der Waals surface area contributed by atoms with Gasteiger partial charge in [-0.3, -0.25) is 0 Å². The molecule has 28 heavy (non-hydrogen) atoms. The fourth-order valence-electron chi connectivity index (χ4n) is 4.42. The summed E-state index contributed by atoms with van der Waals surface area (Å²) in [5.74, 6) is 0.890. The first kappa shape index (κ1) is 21.5. The van der Waals surface area contributed by atoms with Crippen molar-refractivity contribution in [2.75, 3.05) is 13.6 Å². The Labute approximate surface area is 177 Å². The van der Waals surface area contributed by atoms with E-state index in [9.17, 15) is 0 Å². The largest absolute Gasteiger partial charge is 0.330 e. The summed E-state index contributed by atoms with van der Waals surface area (Å²) in [5, 5.41) is -0.202. The Morgan fingerprint density at radius 3 is 2.43 bits per heavy atom. The summed E-state index contributed by atoms with van der Waals surface area (Å²) in [6.45, 7) is 4.57. The van der Waals surface area contributed by atoms with Gasteiger partial charge in [0.05, 0.1) is 15.7 Å². The second kappa shape index (κ2) is 8.26. The van der Waals surface area contributed by atoms with Crippen molar-refractivity contribution in [3.05, 3.63) is 70.2 Å². The molecule has 4 radical (unpaired) electrons. The van der Waals surface area contributed by atoms with Crippen LogP contribution in [0.1, 0.15) is 61.6 Å². The monoisotopic (exact) mass is 390 g/mol. The van der Waals surface area contributed by atoms with Crippen LogP contribution in [0.2, 0.25) is 5.02 Å². The number of benzene rings is 2. The fourth-order valence-corrected chi connectivity index (χ4v) is 4.61. The smallest absolute Gasteiger partial charge is 0.0841 e. The zero-order chi connectivity index (χ0) is 20.5. The number of hydrogen-bond acceptors (Lipinski definition) is 2. The molecule has 1 aliphatic carbocycles. The van der Waals surface area contributed by atoms with E-state index in [1.54, 1.807) is 0 Å². The highest BCUT2D eigenvalue weighted by atomic mass is 35.5. The molecule has 0 saturated carbocycles. The fraction of sp³-hybridized carbons (Fsp3) is 0.478. The average Bonchev–Trinajstić information content (AvgIpc) is 3.04. The van der Waals surface area contributed by atoms with Gasteiger partial charge in [-0.25, -0.2) is 0 Å². The first-order valence-corrected chi connectivity index (χ1v) is 10.4. The van der Waals surface area contributed by atoms with E-state index in [0.29, 0.717) is 11.8 Å². The van der Waals surface area contributed by atoms with Crippen molar-refractivity contribution in [3.8, 4) is 0 Å². The van der Waals surface area contributed by atoms with Crippen LogP contribution in [0, 0.1) is 0 Å². The van der Waals surface area contributed by atoms with Gasteiger partial charge in [-0.2, -0.15) is 0 Å². The predicted molar refractivity (Wildman–Crippen MR) is 121 cm³/mol. The molecule has 0 unspecified atom stereocenters. The van der Waals surface area contributed by atoms with E-state index >= 15 is 0 Å². The molecule has 1 aliphatic rings. The second-order valence-corrected chi connectivity index (χ2v) is 9.21. The van der Waals surface area contributed by atoms with Gasteiger partial charge in [0.1, 0.15) is 0 Å². The molecule has 2 atom stereocenters. The predicted octanol–water partition coefficient (Wildman–Crippen LogP) is 4.40. The Morgan fingerprint density at radius 2 is 1.79 bits per heavy atom. The Balaban J connectivity index is 1.81. The number of rotatable bonds is 7. The van der Waals surface area contributed by atoms with E-state index in [0.717, 1.165) is 24.3 Å². The van der Waals surface area contributed by atoms with Crippen LogP contribution in [0.5, 0.6) is 0 Å². The molecule has 5 heteroatoms. The summed E-state index contributed by atoms with van der Waals surface area (Å²) < 4.78 is 0. The lowest BCUT2D eigenvalue weighted by atomic mass is 9.59.